The van der Waals surface area contributed by atoms with E-state index in [0.29, 0.717) is 6.42 Å². The predicted molar refractivity (Wildman–Crippen MR) is 51.8 cm³/mol. The zero-order valence-corrected chi connectivity index (χ0v) is 8.51. The second-order valence-corrected chi connectivity index (χ2v) is 3.10. The van der Waals surface area contributed by atoms with E-state index >= 15 is 0 Å². The molecule has 1 saturated heterocycles. The summed E-state index contributed by atoms with van der Waals surface area (Å²) < 4.78 is 0. The molecule has 1 aliphatic heterocycles. The van der Waals surface area contributed by atoms with Crippen molar-refractivity contribution in [3.05, 3.63) is 0 Å². The van der Waals surface area contributed by atoms with E-state index in [2.05, 4.69) is 17.9 Å². The molecule has 0 aromatic carbocycles. The summed E-state index contributed by atoms with van der Waals surface area (Å²) in [5, 5.41) is 8.32. The molecule has 0 aliphatic carbocycles. The standard InChI is InChI=1S/C8H14N2.C2H6/c1-8-3-6-10(7-8)5-2-4-9;1-2/h8H,2-3,5-7H2,1H3;1-2H3. The molecule has 1 aliphatic rings. The fraction of sp³-hybridized carbons (Fsp3) is 0.900. The lowest BCUT2D eigenvalue weighted by Crippen LogP contribution is -2.20. The molecule has 1 heterocycles. The fourth-order valence-electron chi connectivity index (χ4n) is 1.44. The molecule has 1 unspecified atom stereocenters. The van der Waals surface area contributed by atoms with Crippen LogP contribution in [-0.2, 0) is 0 Å². The van der Waals surface area contributed by atoms with Crippen molar-refractivity contribution in [1.82, 2.24) is 4.90 Å². The summed E-state index contributed by atoms with van der Waals surface area (Å²) in [5.74, 6) is 0.846. The van der Waals surface area contributed by atoms with Crippen molar-refractivity contribution in [2.75, 3.05) is 19.6 Å². The number of hydrogen-bond acceptors (Lipinski definition) is 2. The molecule has 1 rings (SSSR count). The summed E-state index contributed by atoms with van der Waals surface area (Å²) in [6.07, 6.45) is 2.00. The van der Waals surface area contributed by atoms with Gasteiger partial charge >= 0.3 is 0 Å². The summed E-state index contributed by atoms with van der Waals surface area (Å²) >= 11 is 0. The quantitative estimate of drug-likeness (QED) is 0.632. The Morgan fingerprint density at radius 1 is 1.50 bits per heavy atom. The Morgan fingerprint density at radius 3 is 2.58 bits per heavy atom. The van der Waals surface area contributed by atoms with Gasteiger partial charge in [-0.2, -0.15) is 5.26 Å². The summed E-state index contributed by atoms with van der Waals surface area (Å²) in [7, 11) is 0. The van der Waals surface area contributed by atoms with E-state index in [-0.39, 0.29) is 0 Å². The molecular formula is C10H20N2. The van der Waals surface area contributed by atoms with E-state index in [0.717, 1.165) is 12.5 Å². The number of rotatable bonds is 2. The number of likely N-dealkylation sites (tertiary alicyclic amines) is 1. The highest BCUT2D eigenvalue weighted by molar-refractivity contribution is 4.77. The van der Waals surface area contributed by atoms with Gasteiger partial charge < -0.3 is 4.90 Å². The van der Waals surface area contributed by atoms with Crippen LogP contribution in [0.5, 0.6) is 0 Å². The molecule has 2 heteroatoms. The molecule has 1 atom stereocenters. The fourth-order valence-corrected chi connectivity index (χ4v) is 1.44. The van der Waals surface area contributed by atoms with Crippen LogP contribution in [0, 0.1) is 17.2 Å². The van der Waals surface area contributed by atoms with Crippen molar-refractivity contribution < 1.29 is 0 Å². The van der Waals surface area contributed by atoms with Crippen LogP contribution in [-0.4, -0.2) is 24.5 Å². The molecule has 2 nitrogen and oxygen atoms in total. The minimum absolute atomic E-state index is 0.687. The Kier molecular flexibility index (Phi) is 6.79. The molecule has 12 heavy (non-hydrogen) atoms. The van der Waals surface area contributed by atoms with Crippen LogP contribution >= 0.6 is 0 Å². The first-order valence-electron chi connectivity index (χ1n) is 4.92. The minimum atomic E-state index is 0.687. The third kappa shape index (κ3) is 4.35. The van der Waals surface area contributed by atoms with Crippen LogP contribution in [0.15, 0.2) is 0 Å². The van der Waals surface area contributed by atoms with Crippen molar-refractivity contribution in [1.29, 1.82) is 5.26 Å². The Morgan fingerprint density at radius 2 is 2.17 bits per heavy atom. The maximum absolute atomic E-state index is 8.32. The normalized spacial score (nSPS) is 22.7. The average Bonchev–Trinajstić information content (AvgIpc) is 2.51. The van der Waals surface area contributed by atoms with Gasteiger partial charge in [0.05, 0.1) is 6.07 Å². The molecule has 0 N–H and O–H groups in total. The second kappa shape index (κ2) is 7.12. The highest BCUT2D eigenvalue weighted by Crippen LogP contribution is 2.14. The van der Waals surface area contributed by atoms with Crippen molar-refractivity contribution >= 4 is 0 Å². The van der Waals surface area contributed by atoms with E-state index < -0.39 is 0 Å². The van der Waals surface area contributed by atoms with Gasteiger partial charge in [0, 0.05) is 19.5 Å². The number of nitrogens with zero attached hydrogens (tertiary/aromatic N) is 2. The van der Waals surface area contributed by atoms with E-state index in [4.69, 9.17) is 5.26 Å². The molecule has 1 fully saturated rings. The van der Waals surface area contributed by atoms with Crippen LogP contribution in [0.3, 0.4) is 0 Å². The van der Waals surface area contributed by atoms with Crippen molar-refractivity contribution in [2.45, 2.75) is 33.6 Å². The van der Waals surface area contributed by atoms with Crippen LogP contribution in [0.4, 0.5) is 0 Å². The van der Waals surface area contributed by atoms with Gasteiger partial charge in [0.1, 0.15) is 0 Å². The minimum Gasteiger partial charge on any atom is -0.302 e. The van der Waals surface area contributed by atoms with Gasteiger partial charge in [-0.1, -0.05) is 20.8 Å². The van der Waals surface area contributed by atoms with Crippen LogP contribution in [0.1, 0.15) is 33.6 Å². The first-order chi connectivity index (χ1) is 5.83. The van der Waals surface area contributed by atoms with Crippen LogP contribution in [0.25, 0.3) is 0 Å². The smallest absolute Gasteiger partial charge is 0.0635 e. The maximum Gasteiger partial charge on any atom is 0.0635 e. The largest absolute Gasteiger partial charge is 0.302 e. The molecule has 0 aromatic rings. The summed E-state index contributed by atoms with van der Waals surface area (Å²) in [4.78, 5) is 2.37. The molecule has 0 bridgehead atoms. The lowest BCUT2D eigenvalue weighted by Gasteiger charge is -2.11. The molecule has 0 spiro atoms. The van der Waals surface area contributed by atoms with Gasteiger partial charge in [0.2, 0.25) is 0 Å². The van der Waals surface area contributed by atoms with Gasteiger partial charge in [-0.05, 0) is 18.9 Å². The van der Waals surface area contributed by atoms with E-state index in [1.807, 2.05) is 13.8 Å². The van der Waals surface area contributed by atoms with Gasteiger partial charge in [0.25, 0.3) is 0 Å². The van der Waals surface area contributed by atoms with E-state index in [9.17, 15) is 0 Å². The third-order valence-electron chi connectivity index (χ3n) is 2.05. The Labute approximate surface area is 76.2 Å². The summed E-state index contributed by atoms with van der Waals surface area (Å²) in [5.41, 5.74) is 0. The monoisotopic (exact) mass is 168 g/mol. The summed E-state index contributed by atoms with van der Waals surface area (Å²) in [6, 6.07) is 2.17. The van der Waals surface area contributed by atoms with Gasteiger partial charge in [-0.15, -0.1) is 0 Å². The predicted octanol–water partition coefficient (Wildman–Crippen LogP) is 2.27. The topological polar surface area (TPSA) is 27.0 Å². The molecule has 0 radical (unpaired) electrons. The molecule has 0 saturated carbocycles. The first kappa shape index (κ1) is 11.4. The van der Waals surface area contributed by atoms with Crippen LogP contribution < -0.4 is 0 Å². The number of nitriles is 1. The molecule has 70 valence electrons. The van der Waals surface area contributed by atoms with Crippen molar-refractivity contribution in [2.24, 2.45) is 5.92 Å². The lowest BCUT2D eigenvalue weighted by molar-refractivity contribution is 0.336. The van der Waals surface area contributed by atoms with Gasteiger partial charge in [-0.25, -0.2) is 0 Å². The Hall–Kier alpha value is -0.550. The highest BCUT2D eigenvalue weighted by Gasteiger charge is 2.17. The average molecular weight is 168 g/mol. The third-order valence-corrected chi connectivity index (χ3v) is 2.05. The van der Waals surface area contributed by atoms with Crippen LogP contribution in [0.2, 0.25) is 0 Å². The molecule has 0 amide bonds. The van der Waals surface area contributed by atoms with E-state index in [1.54, 1.807) is 0 Å². The first-order valence-corrected chi connectivity index (χ1v) is 4.92. The van der Waals surface area contributed by atoms with E-state index in [1.165, 1.54) is 19.5 Å². The zero-order chi connectivity index (χ0) is 9.40. The van der Waals surface area contributed by atoms with Crippen molar-refractivity contribution in [3.8, 4) is 6.07 Å². The Balaban J connectivity index is 0.000000561. The van der Waals surface area contributed by atoms with Gasteiger partial charge in [0.15, 0.2) is 0 Å². The number of hydrogen-bond donors (Lipinski definition) is 0. The summed E-state index contributed by atoms with van der Waals surface area (Å²) in [6.45, 7) is 9.64. The highest BCUT2D eigenvalue weighted by atomic mass is 15.1. The molecular weight excluding hydrogens is 148 g/mol. The van der Waals surface area contributed by atoms with Crippen molar-refractivity contribution in [3.63, 3.8) is 0 Å². The molecule has 0 aromatic heterocycles. The zero-order valence-electron chi connectivity index (χ0n) is 8.51. The second-order valence-electron chi connectivity index (χ2n) is 3.10. The maximum atomic E-state index is 8.32. The SMILES string of the molecule is CC.CC1CCN(CCC#N)C1. The lowest BCUT2D eigenvalue weighted by atomic mass is 10.2. The van der Waals surface area contributed by atoms with Gasteiger partial charge in [-0.3, -0.25) is 0 Å². The Bertz CT molecular complexity index is 137.